The van der Waals surface area contributed by atoms with Crippen LogP contribution in [0.15, 0.2) is 0 Å². The predicted octanol–water partition coefficient (Wildman–Crippen LogP) is 1.77. The van der Waals surface area contributed by atoms with Crippen molar-refractivity contribution >= 4 is 21.5 Å². The Morgan fingerprint density at radius 3 is 2.24 bits per heavy atom. The summed E-state index contributed by atoms with van der Waals surface area (Å²) in [7, 11) is -2.19. The zero-order valence-electron chi connectivity index (χ0n) is 10.8. The predicted molar refractivity (Wildman–Crippen MR) is 70.2 cm³/mol. The van der Waals surface area contributed by atoms with E-state index in [1.165, 1.54) is 7.05 Å². The normalized spacial score (nSPS) is 14.6. The van der Waals surface area contributed by atoms with Gasteiger partial charge in [0.05, 0.1) is 16.7 Å². The summed E-state index contributed by atoms with van der Waals surface area (Å²) in [6.07, 6.45) is 0. The summed E-state index contributed by atoms with van der Waals surface area (Å²) >= 11 is 1.55. The molecule has 0 aliphatic carbocycles. The third-order valence-corrected chi connectivity index (χ3v) is 5.42. The number of rotatable bonds is 4. The third-order valence-electron chi connectivity index (χ3n) is 2.67. The smallest absolute Gasteiger partial charge is 0.246 e. The molecule has 2 N–H and O–H groups in total. The fourth-order valence-corrected chi connectivity index (χ4v) is 3.23. The van der Waals surface area contributed by atoms with E-state index < -0.39 is 10.2 Å². The van der Waals surface area contributed by atoms with E-state index in [9.17, 15) is 8.42 Å². The van der Waals surface area contributed by atoms with Crippen molar-refractivity contribution in [2.75, 3.05) is 7.05 Å². The molecule has 0 aliphatic rings. The quantitative estimate of drug-likeness (QED) is 0.911. The van der Waals surface area contributed by atoms with Crippen LogP contribution in [0.25, 0.3) is 0 Å². The van der Waals surface area contributed by atoms with E-state index in [2.05, 4.69) is 18.8 Å². The number of aryl methyl sites for hydroxylation is 1. The number of nitrogens with two attached hydrogens (primary N) is 1. The maximum Gasteiger partial charge on any atom is 0.277 e. The van der Waals surface area contributed by atoms with Gasteiger partial charge in [0.1, 0.15) is 0 Å². The van der Waals surface area contributed by atoms with Crippen molar-refractivity contribution in [1.82, 2.24) is 9.29 Å². The van der Waals surface area contributed by atoms with E-state index in [1.54, 1.807) is 11.3 Å². The second-order valence-electron chi connectivity index (χ2n) is 4.39. The summed E-state index contributed by atoms with van der Waals surface area (Å²) < 4.78 is 23.7. The van der Waals surface area contributed by atoms with Crippen LogP contribution in [0, 0.1) is 6.92 Å². The number of hydrogen-bond donors (Lipinski definition) is 1. The van der Waals surface area contributed by atoms with Gasteiger partial charge >= 0.3 is 0 Å². The molecule has 0 aliphatic heterocycles. The summed E-state index contributed by atoms with van der Waals surface area (Å²) in [4.78, 5) is 5.40. The minimum absolute atomic E-state index is 0.282. The SMILES string of the molecule is Cc1nc(C(C)C)sc1C(C)N(C)S(N)(=O)=O. The maximum atomic E-state index is 11.3. The molecule has 0 aromatic carbocycles. The van der Waals surface area contributed by atoms with Crippen LogP contribution in [0.5, 0.6) is 0 Å². The number of nitrogens with zero attached hydrogens (tertiary/aromatic N) is 2. The van der Waals surface area contributed by atoms with Crippen LogP contribution in [0.2, 0.25) is 0 Å². The highest BCUT2D eigenvalue weighted by Crippen LogP contribution is 2.32. The summed E-state index contributed by atoms with van der Waals surface area (Å²) in [6.45, 7) is 7.84. The van der Waals surface area contributed by atoms with Crippen LogP contribution < -0.4 is 5.14 Å². The molecule has 0 saturated carbocycles. The van der Waals surface area contributed by atoms with Crippen molar-refractivity contribution in [3.8, 4) is 0 Å². The van der Waals surface area contributed by atoms with Gasteiger partial charge in [0, 0.05) is 17.8 Å². The van der Waals surface area contributed by atoms with Gasteiger partial charge in [-0.1, -0.05) is 13.8 Å². The lowest BCUT2D eigenvalue weighted by atomic mass is 10.2. The van der Waals surface area contributed by atoms with Gasteiger partial charge in [0.15, 0.2) is 0 Å². The van der Waals surface area contributed by atoms with Crippen LogP contribution in [0.3, 0.4) is 0 Å². The van der Waals surface area contributed by atoms with E-state index in [1.807, 2.05) is 13.8 Å². The molecule has 7 heteroatoms. The summed E-state index contributed by atoms with van der Waals surface area (Å²) in [5.41, 5.74) is 0.877. The molecular weight excluding hydrogens is 258 g/mol. The standard InChI is InChI=1S/C10H19N3O2S2/c1-6(2)10-12-7(3)9(16-10)8(4)13(5)17(11,14)15/h6,8H,1-5H3,(H2,11,14,15). The largest absolute Gasteiger partial charge is 0.277 e. The van der Waals surface area contributed by atoms with Crippen LogP contribution in [0.1, 0.15) is 48.3 Å². The van der Waals surface area contributed by atoms with Crippen LogP contribution in [-0.4, -0.2) is 24.8 Å². The third kappa shape index (κ3) is 3.25. The molecule has 0 saturated heterocycles. The topological polar surface area (TPSA) is 76.3 Å². The van der Waals surface area contributed by atoms with Crippen molar-refractivity contribution in [2.24, 2.45) is 5.14 Å². The highest BCUT2D eigenvalue weighted by atomic mass is 32.2. The molecular formula is C10H19N3O2S2. The molecule has 0 fully saturated rings. The molecule has 0 spiro atoms. The Kier molecular flexibility index (Phi) is 4.29. The molecule has 0 amide bonds. The van der Waals surface area contributed by atoms with Gasteiger partial charge in [-0.3, -0.25) is 0 Å². The second-order valence-corrected chi connectivity index (χ2v) is 7.06. The van der Waals surface area contributed by atoms with Gasteiger partial charge < -0.3 is 0 Å². The van der Waals surface area contributed by atoms with E-state index >= 15 is 0 Å². The van der Waals surface area contributed by atoms with Crippen molar-refractivity contribution in [2.45, 2.75) is 39.7 Å². The molecule has 5 nitrogen and oxygen atoms in total. The summed E-state index contributed by atoms with van der Waals surface area (Å²) in [5.74, 6) is 0.347. The Labute approximate surface area is 107 Å². The molecule has 1 rings (SSSR count). The molecule has 1 heterocycles. The van der Waals surface area contributed by atoms with Crippen LogP contribution >= 0.6 is 11.3 Å². The lowest BCUT2D eigenvalue weighted by molar-refractivity contribution is 0.402. The zero-order chi connectivity index (χ0) is 13.4. The first-order valence-electron chi connectivity index (χ1n) is 5.37. The van der Waals surface area contributed by atoms with Crippen molar-refractivity contribution in [3.05, 3.63) is 15.6 Å². The first-order valence-corrected chi connectivity index (χ1v) is 7.69. The Morgan fingerprint density at radius 2 is 1.88 bits per heavy atom. The maximum absolute atomic E-state index is 11.3. The lowest BCUT2D eigenvalue weighted by Gasteiger charge is -2.21. The van der Waals surface area contributed by atoms with Crippen LogP contribution in [0.4, 0.5) is 0 Å². The Bertz CT molecular complexity index is 494. The summed E-state index contributed by atoms with van der Waals surface area (Å²) in [6, 6.07) is -0.282. The molecule has 1 unspecified atom stereocenters. The molecule has 1 aromatic heterocycles. The minimum Gasteiger partial charge on any atom is -0.246 e. The van der Waals surface area contributed by atoms with Crippen LogP contribution in [-0.2, 0) is 10.2 Å². The van der Waals surface area contributed by atoms with Gasteiger partial charge in [0.25, 0.3) is 10.2 Å². The van der Waals surface area contributed by atoms with Crippen molar-refractivity contribution in [1.29, 1.82) is 0 Å². The first-order chi connectivity index (χ1) is 7.64. The lowest BCUT2D eigenvalue weighted by Crippen LogP contribution is -2.35. The van der Waals surface area contributed by atoms with E-state index in [-0.39, 0.29) is 6.04 Å². The Morgan fingerprint density at radius 1 is 1.35 bits per heavy atom. The van der Waals surface area contributed by atoms with Gasteiger partial charge in [-0.2, -0.15) is 12.7 Å². The van der Waals surface area contributed by atoms with E-state index in [4.69, 9.17) is 5.14 Å². The number of hydrogen-bond acceptors (Lipinski definition) is 4. The molecule has 1 atom stereocenters. The van der Waals surface area contributed by atoms with Gasteiger partial charge in [0.2, 0.25) is 0 Å². The highest BCUT2D eigenvalue weighted by Gasteiger charge is 2.24. The summed E-state index contributed by atoms with van der Waals surface area (Å²) in [5, 5.41) is 6.14. The van der Waals surface area contributed by atoms with E-state index in [0.717, 1.165) is 19.9 Å². The zero-order valence-corrected chi connectivity index (χ0v) is 12.4. The van der Waals surface area contributed by atoms with Gasteiger partial charge in [-0.15, -0.1) is 11.3 Å². The van der Waals surface area contributed by atoms with Gasteiger partial charge in [-0.05, 0) is 13.8 Å². The monoisotopic (exact) mass is 277 g/mol. The Hall–Kier alpha value is -0.500. The minimum atomic E-state index is -3.67. The average molecular weight is 277 g/mol. The van der Waals surface area contributed by atoms with E-state index in [0.29, 0.717) is 5.92 Å². The van der Waals surface area contributed by atoms with Crippen molar-refractivity contribution in [3.63, 3.8) is 0 Å². The highest BCUT2D eigenvalue weighted by molar-refractivity contribution is 7.86. The molecule has 1 aromatic rings. The number of aromatic nitrogens is 1. The fraction of sp³-hybridized carbons (Fsp3) is 0.700. The molecule has 98 valence electrons. The molecule has 17 heavy (non-hydrogen) atoms. The van der Waals surface area contributed by atoms with Gasteiger partial charge in [-0.25, -0.2) is 10.1 Å². The molecule has 0 bridgehead atoms. The Balaban J connectivity index is 3.09. The second kappa shape index (κ2) is 5.01. The molecule has 0 radical (unpaired) electrons. The van der Waals surface area contributed by atoms with Crippen molar-refractivity contribution < 1.29 is 8.42 Å². The first kappa shape index (κ1) is 14.6. The number of thiazole rings is 1. The average Bonchev–Trinajstić information content (AvgIpc) is 2.57. The fourth-order valence-electron chi connectivity index (χ4n) is 1.45.